The number of nitrogens with two attached hydrogens (primary N) is 1. The van der Waals surface area contributed by atoms with Gasteiger partial charge in [-0.3, -0.25) is 9.69 Å². The van der Waals surface area contributed by atoms with Gasteiger partial charge >= 0.3 is 6.03 Å². The number of nitrogens with one attached hydrogen (secondary N) is 1. The van der Waals surface area contributed by atoms with Crippen molar-refractivity contribution in [2.24, 2.45) is 5.73 Å². The van der Waals surface area contributed by atoms with E-state index in [9.17, 15) is 9.59 Å². The number of hydrogen-bond acceptors (Lipinski definition) is 3. The maximum Gasteiger partial charge on any atom is 0.319 e. The summed E-state index contributed by atoms with van der Waals surface area (Å²) in [5, 5.41) is 3.25. The molecular weight excluding hydrogens is 422 g/mol. The molecule has 1 aliphatic carbocycles. The number of amides is 2. The van der Waals surface area contributed by atoms with E-state index in [1.54, 1.807) is 11.0 Å². The van der Waals surface area contributed by atoms with Gasteiger partial charge in [0.2, 0.25) is 0 Å². The van der Waals surface area contributed by atoms with Crippen LogP contribution in [0.5, 0.6) is 0 Å². The molecule has 1 heterocycles. The molecule has 0 fully saturated rings. The molecule has 1 atom stereocenters. The normalized spacial score (nSPS) is 16.0. The third kappa shape index (κ3) is 5.14. The van der Waals surface area contributed by atoms with Crippen molar-refractivity contribution in [1.82, 2.24) is 0 Å². The van der Waals surface area contributed by atoms with Crippen molar-refractivity contribution >= 4 is 23.2 Å². The number of carbonyl (C=O) groups excluding carboxylic acids is 2. The van der Waals surface area contributed by atoms with Gasteiger partial charge in [-0.2, -0.15) is 0 Å². The highest BCUT2D eigenvalue weighted by Gasteiger charge is 2.25. The Hall–Kier alpha value is -3.60. The minimum atomic E-state index is -0.398. The lowest BCUT2D eigenvalue weighted by Crippen LogP contribution is -2.33. The van der Waals surface area contributed by atoms with E-state index in [1.165, 1.54) is 16.7 Å². The number of urea groups is 1. The summed E-state index contributed by atoms with van der Waals surface area (Å²) in [7, 11) is 0. The fourth-order valence-corrected chi connectivity index (χ4v) is 4.62. The lowest BCUT2D eigenvalue weighted by molar-refractivity contribution is 0.104. The van der Waals surface area contributed by atoms with Gasteiger partial charge in [0.05, 0.1) is 0 Å². The quantitative estimate of drug-likeness (QED) is 0.494. The van der Waals surface area contributed by atoms with E-state index in [4.69, 9.17) is 5.73 Å². The van der Waals surface area contributed by atoms with E-state index in [-0.39, 0.29) is 5.78 Å². The lowest BCUT2D eigenvalue weighted by Gasteiger charge is -2.24. The van der Waals surface area contributed by atoms with E-state index >= 15 is 0 Å². The third-order valence-corrected chi connectivity index (χ3v) is 6.60. The Balaban J connectivity index is 0.000000196. The number of nitrogens with zero attached hydrogens (tertiary/aromatic N) is 1. The Morgan fingerprint density at radius 1 is 1.18 bits per heavy atom. The number of hydrogen-bond donors (Lipinski definition) is 2. The van der Waals surface area contributed by atoms with Gasteiger partial charge in [-0.05, 0) is 74.1 Å². The Labute approximate surface area is 203 Å². The highest BCUT2D eigenvalue weighted by atomic mass is 16.2. The topological polar surface area (TPSA) is 75.4 Å². The first-order chi connectivity index (χ1) is 16.1. The van der Waals surface area contributed by atoms with Crippen LogP contribution in [0.2, 0.25) is 0 Å². The van der Waals surface area contributed by atoms with E-state index in [1.807, 2.05) is 44.2 Å². The second-order valence-electron chi connectivity index (χ2n) is 9.04. The summed E-state index contributed by atoms with van der Waals surface area (Å²) in [6.07, 6.45) is 4.91. The van der Waals surface area contributed by atoms with Crippen molar-refractivity contribution < 1.29 is 9.59 Å². The molecule has 0 spiro atoms. The molecule has 2 amide bonds. The maximum atomic E-state index is 11.8. The van der Waals surface area contributed by atoms with E-state index in [2.05, 4.69) is 38.4 Å². The molecule has 3 N–H and O–H groups in total. The minimum absolute atomic E-state index is 0.162. The summed E-state index contributed by atoms with van der Waals surface area (Å²) in [5.74, 6) is 0.611. The van der Waals surface area contributed by atoms with Crippen LogP contribution in [0.1, 0.15) is 66.6 Å². The first-order valence-electron chi connectivity index (χ1n) is 11.8. The van der Waals surface area contributed by atoms with Crippen molar-refractivity contribution in [2.75, 3.05) is 16.8 Å². The molecule has 0 saturated carbocycles. The molecule has 4 rings (SSSR count). The van der Waals surface area contributed by atoms with Crippen LogP contribution < -0.4 is 16.0 Å². The summed E-state index contributed by atoms with van der Waals surface area (Å²) >= 11 is 0. The first kappa shape index (κ1) is 25.0. The number of carbonyl (C=O) groups is 2. The molecule has 2 aromatic carbocycles. The van der Waals surface area contributed by atoms with Crippen molar-refractivity contribution in [1.29, 1.82) is 0 Å². The molecule has 1 unspecified atom stereocenters. The summed E-state index contributed by atoms with van der Waals surface area (Å²) in [6, 6.07) is 11.5. The smallest absolute Gasteiger partial charge is 0.319 e. The van der Waals surface area contributed by atoms with Crippen molar-refractivity contribution in [3.63, 3.8) is 0 Å². The molecule has 0 saturated heterocycles. The zero-order valence-corrected chi connectivity index (χ0v) is 20.7. The molecule has 0 aromatic heterocycles. The Morgan fingerprint density at radius 2 is 1.88 bits per heavy atom. The van der Waals surface area contributed by atoms with Crippen molar-refractivity contribution in [3.8, 4) is 0 Å². The third-order valence-electron chi connectivity index (χ3n) is 6.60. The fraction of sp³-hybridized carbons (Fsp3) is 0.310. The zero-order chi connectivity index (χ0) is 25.0. The predicted molar refractivity (Wildman–Crippen MR) is 142 cm³/mol. The molecule has 5 nitrogen and oxygen atoms in total. The van der Waals surface area contributed by atoms with E-state index in [0.717, 1.165) is 53.0 Å². The van der Waals surface area contributed by atoms with Gasteiger partial charge in [0.25, 0.3) is 0 Å². The fourth-order valence-electron chi connectivity index (χ4n) is 4.62. The molecule has 1 aliphatic heterocycles. The highest BCUT2D eigenvalue weighted by Crippen LogP contribution is 2.36. The number of ketones is 1. The number of rotatable bonds is 5. The summed E-state index contributed by atoms with van der Waals surface area (Å²) in [5.41, 5.74) is 14.6. The second kappa shape index (κ2) is 10.6. The molecular formula is C29H35N3O2. The van der Waals surface area contributed by atoms with Gasteiger partial charge < -0.3 is 11.1 Å². The molecule has 5 heteroatoms. The monoisotopic (exact) mass is 457 g/mol. The number of benzene rings is 2. The highest BCUT2D eigenvalue weighted by molar-refractivity contribution is 6.07. The number of fused-ring (bicyclic) bond motifs is 2. The summed E-state index contributed by atoms with van der Waals surface area (Å²) in [4.78, 5) is 24.7. The van der Waals surface area contributed by atoms with Gasteiger partial charge in [-0.1, -0.05) is 56.3 Å². The lowest BCUT2D eigenvalue weighted by atomic mass is 9.80. The van der Waals surface area contributed by atoms with Gasteiger partial charge in [0.15, 0.2) is 5.78 Å². The van der Waals surface area contributed by atoms with Crippen LogP contribution in [0.4, 0.5) is 16.2 Å². The van der Waals surface area contributed by atoms with Gasteiger partial charge in [-0.25, -0.2) is 4.79 Å². The minimum Gasteiger partial charge on any atom is -0.356 e. The standard InChI is InChI=1S/C15H19N3O.C14H16O/c1-9(2)11(4)17-13-5-6-14-12(10(13)3)7-8-18(14)15(16)19;1-3-6-11-10(2)9-14(15)13-8-5-4-7-12(11)13/h5-6,17H,1,4,7-8H2,2-3H3,(H2,16,19);4-5,7-9,11H,3,6H2,1-2H3. The van der Waals surface area contributed by atoms with Crippen LogP contribution in [-0.4, -0.2) is 18.4 Å². The molecule has 2 aromatic rings. The Kier molecular flexibility index (Phi) is 7.77. The zero-order valence-electron chi connectivity index (χ0n) is 20.7. The molecule has 178 valence electrons. The average Bonchev–Trinajstić information content (AvgIpc) is 3.24. The van der Waals surface area contributed by atoms with Crippen molar-refractivity contribution in [2.45, 2.75) is 52.9 Å². The Morgan fingerprint density at radius 3 is 2.53 bits per heavy atom. The van der Waals surface area contributed by atoms with Gasteiger partial charge in [0.1, 0.15) is 0 Å². The van der Waals surface area contributed by atoms with Crippen LogP contribution in [0.25, 0.3) is 0 Å². The largest absolute Gasteiger partial charge is 0.356 e. The predicted octanol–water partition coefficient (Wildman–Crippen LogP) is 6.65. The van der Waals surface area contributed by atoms with E-state index < -0.39 is 6.03 Å². The maximum absolute atomic E-state index is 11.8. The number of anilines is 2. The molecule has 0 radical (unpaired) electrons. The number of primary amides is 1. The van der Waals surface area contributed by atoms with Crippen LogP contribution in [0.15, 0.2) is 72.5 Å². The molecule has 2 aliphatic rings. The van der Waals surface area contributed by atoms with Gasteiger partial charge in [0, 0.05) is 35.1 Å². The molecule has 34 heavy (non-hydrogen) atoms. The molecule has 0 bridgehead atoms. The van der Waals surface area contributed by atoms with Crippen LogP contribution in [0.3, 0.4) is 0 Å². The van der Waals surface area contributed by atoms with Crippen LogP contribution in [-0.2, 0) is 6.42 Å². The first-order valence-corrected chi connectivity index (χ1v) is 11.8. The summed E-state index contributed by atoms with van der Waals surface area (Å²) in [6.45, 7) is 16.6. The van der Waals surface area contributed by atoms with Gasteiger partial charge in [-0.15, -0.1) is 0 Å². The van der Waals surface area contributed by atoms with E-state index in [0.29, 0.717) is 12.5 Å². The average molecular weight is 458 g/mol. The summed E-state index contributed by atoms with van der Waals surface area (Å²) < 4.78 is 0. The van der Waals surface area contributed by atoms with Crippen LogP contribution >= 0.6 is 0 Å². The number of allylic oxidation sites excluding steroid dienone is 3. The van der Waals surface area contributed by atoms with Crippen LogP contribution in [0, 0.1) is 6.92 Å². The SMILES string of the molecule is C=C(C)C(=C)Nc1ccc2c(c1C)CCN2C(N)=O.CCCC1C(C)=CC(=O)c2ccccc21. The second-order valence-corrected chi connectivity index (χ2v) is 9.04. The Bertz CT molecular complexity index is 1180. The van der Waals surface area contributed by atoms with Crippen molar-refractivity contribution in [3.05, 3.63) is 94.7 Å².